The van der Waals surface area contributed by atoms with Gasteiger partial charge < -0.3 is 19.2 Å². The first-order chi connectivity index (χ1) is 12.1. The van der Waals surface area contributed by atoms with Gasteiger partial charge in [-0.05, 0) is 17.7 Å². The van der Waals surface area contributed by atoms with Crippen LogP contribution in [-0.2, 0) is 11.3 Å². The lowest BCUT2D eigenvalue weighted by molar-refractivity contribution is 0.102. The Labute approximate surface area is 144 Å². The third-order valence-electron chi connectivity index (χ3n) is 3.72. The van der Waals surface area contributed by atoms with E-state index in [1.807, 2.05) is 12.1 Å². The highest BCUT2D eigenvalue weighted by Crippen LogP contribution is 2.31. The van der Waals surface area contributed by atoms with Crippen LogP contribution in [0.4, 0.5) is 5.95 Å². The van der Waals surface area contributed by atoms with Crippen molar-refractivity contribution < 1.29 is 19.0 Å². The predicted molar refractivity (Wildman–Crippen MR) is 94.3 cm³/mol. The predicted octanol–water partition coefficient (Wildman–Crippen LogP) is 2.98. The Bertz CT molecular complexity index is 863. The van der Waals surface area contributed by atoms with Gasteiger partial charge in [0.25, 0.3) is 5.91 Å². The quantitative estimate of drug-likeness (QED) is 0.720. The van der Waals surface area contributed by atoms with Gasteiger partial charge in [0.2, 0.25) is 5.95 Å². The molecule has 0 aliphatic carbocycles. The van der Waals surface area contributed by atoms with E-state index in [0.717, 1.165) is 11.1 Å². The molecule has 0 unspecified atom stereocenters. The fourth-order valence-electron chi connectivity index (χ4n) is 2.54. The fraction of sp³-hybridized carbons (Fsp3) is 0.222. The Morgan fingerprint density at radius 3 is 2.60 bits per heavy atom. The highest BCUT2D eigenvalue weighted by atomic mass is 16.5. The molecule has 0 aliphatic heterocycles. The second-order valence-electron chi connectivity index (χ2n) is 5.40. The van der Waals surface area contributed by atoms with Crippen molar-refractivity contribution in [2.75, 3.05) is 26.6 Å². The van der Waals surface area contributed by atoms with Crippen LogP contribution in [0.3, 0.4) is 0 Å². The van der Waals surface area contributed by atoms with Gasteiger partial charge in [-0.2, -0.15) is 0 Å². The van der Waals surface area contributed by atoms with Crippen LogP contribution >= 0.6 is 0 Å². The summed E-state index contributed by atoms with van der Waals surface area (Å²) in [4.78, 5) is 19.9. The van der Waals surface area contributed by atoms with Gasteiger partial charge in [0.05, 0.1) is 31.9 Å². The number of fused-ring (bicyclic) bond motifs is 1. The standard InChI is InChI=1S/C18H19N3O4/c1-23-10-11-5-4-6-12(7-11)17(22)21-18-19-13-8-15(24-2)16(25-3)9-14(13)20-18/h4-9H,10H2,1-3H3,(H2,19,20,21,22). The summed E-state index contributed by atoms with van der Waals surface area (Å²) in [6, 6.07) is 10.8. The van der Waals surface area contributed by atoms with Crippen molar-refractivity contribution in [3.05, 3.63) is 47.5 Å². The molecule has 1 heterocycles. The van der Waals surface area contributed by atoms with E-state index in [1.54, 1.807) is 45.6 Å². The summed E-state index contributed by atoms with van der Waals surface area (Å²) in [7, 11) is 4.74. The molecule has 1 aromatic heterocycles. The number of rotatable bonds is 6. The number of methoxy groups -OCH3 is 3. The monoisotopic (exact) mass is 341 g/mol. The molecule has 2 N–H and O–H groups in total. The summed E-state index contributed by atoms with van der Waals surface area (Å²) >= 11 is 0. The van der Waals surface area contributed by atoms with Crippen LogP contribution in [-0.4, -0.2) is 37.2 Å². The molecule has 0 spiro atoms. The molecule has 1 amide bonds. The highest BCUT2D eigenvalue weighted by Gasteiger charge is 2.13. The fourth-order valence-corrected chi connectivity index (χ4v) is 2.54. The molecular weight excluding hydrogens is 322 g/mol. The number of amides is 1. The normalized spacial score (nSPS) is 10.7. The zero-order valence-corrected chi connectivity index (χ0v) is 14.3. The molecular formula is C18H19N3O4. The number of carbonyl (C=O) groups excluding carboxylic acids is 1. The van der Waals surface area contributed by atoms with Gasteiger partial charge in [-0.15, -0.1) is 0 Å². The summed E-state index contributed by atoms with van der Waals surface area (Å²) in [5, 5.41) is 2.76. The Morgan fingerprint density at radius 1 is 1.12 bits per heavy atom. The SMILES string of the molecule is COCc1cccc(C(=O)Nc2nc3cc(OC)c(OC)cc3[nH]2)c1. The summed E-state index contributed by atoms with van der Waals surface area (Å²) in [5.74, 6) is 1.26. The van der Waals surface area contributed by atoms with Crippen LogP contribution in [0, 0.1) is 0 Å². The van der Waals surface area contributed by atoms with Crippen LogP contribution in [0.2, 0.25) is 0 Å². The maximum absolute atomic E-state index is 12.4. The van der Waals surface area contributed by atoms with E-state index >= 15 is 0 Å². The van der Waals surface area contributed by atoms with Gasteiger partial charge in [-0.1, -0.05) is 12.1 Å². The number of aromatic amines is 1. The Hall–Kier alpha value is -3.06. The first kappa shape index (κ1) is 16.8. The third-order valence-corrected chi connectivity index (χ3v) is 3.72. The minimum atomic E-state index is -0.254. The van der Waals surface area contributed by atoms with Gasteiger partial charge in [0, 0.05) is 24.8 Å². The molecule has 0 aliphatic rings. The number of nitrogens with zero attached hydrogens (tertiary/aromatic N) is 1. The molecule has 0 radical (unpaired) electrons. The number of ether oxygens (including phenoxy) is 3. The maximum Gasteiger partial charge on any atom is 0.257 e. The summed E-state index contributed by atoms with van der Waals surface area (Å²) in [5.41, 5.74) is 2.86. The largest absolute Gasteiger partial charge is 0.493 e. The number of hydrogen-bond donors (Lipinski definition) is 2. The lowest BCUT2D eigenvalue weighted by atomic mass is 10.1. The van der Waals surface area contributed by atoms with Gasteiger partial charge >= 0.3 is 0 Å². The molecule has 7 nitrogen and oxygen atoms in total. The van der Waals surface area contributed by atoms with Crippen LogP contribution in [0.1, 0.15) is 15.9 Å². The molecule has 0 bridgehead atoms. The van der Waals surface area contributed by atoms with Gasteiger partial charge in [0.15, 0.2) is 11.5 Å². The number of carbonyl (C=O) groups is 1. The van der Waals surface area contributed by atoms with Crippen LogP contribution < -0.4 is 14.8 Å². The van der Waals surface area contributed by atoms with E-state index < -0.39 is 0 Å². The van der Waals surface area contributed by atoms with E-state index in [0.29, 0.717) is 35.1 Å². The lowest BCUT2D eigenvalue weighted by Gasteiger charge is -2.06. The molecule has 25 heavy (non-hydrogen) atoms. The van der Waals surface area contributed by atoms with Crippen molar-refractivity contribution >= 4 is 22.9 Å². The molecule has 7 heteroatoms. The van der Waals surface area contributed by atoms with Gasteiger partial charge in [-0.3, -0.25) is 10.1 Å². The second kappa shape index (κ2) is 7.23. The molecule has 0 fully saturated rings. The molecule has 0 saturated heterocycles. The van der Waals surface area contributed by atoms with Crippen molar-refractivity contribution in [2.45, 2.75) is 6.61 Å². The number of aromatic nitrogens is 2. The van der Waals surface area contributed by atoms with Crippen LogP contribution in [0.15, 0.2) is 36.4 Å². The summed E-state index contributed by atoms with van der Waals surface area (Å²) in [6.45, 7) is 0.450. The topological polar surface area (TPSA) is 85.5 Å². The Morgan fingerprint density at radius 2 is 1.88 bits per heavy atom. The first-order valence-corrected chi connectivity index (χ1v) is 7.65. The van der Waals surface area contributed by atoms with Crippen molar-refractivity contribution in [1.82, 2.24) is 9.97 Å². The van der Waals surface area contributed by atoms with Crippen molar-refractivity contribution in [1.29, 1.82) is 0 Å². The van der Waals surface area contributed by atoms with Crippen molar-refractivity contribution in [2.24, 2.45) is 0 Å². The molecule has 3 aromatic rings. The number of imidazole rings is 1. The summed E-state index contributed by atoms with van der Waals surface area (Å²) < 4.78 is 15.6. The molecule has 0 atom stereocenters. The van der Waals surface area contributed by atoms with E-state index in [9.17, 15) is 4.79 Å². The van der Waals surface area contributed by atoms with Gasteiger partial charge in [-0.25, -0.2) is 4.98 Å². The molecule has 3 rings (SSSR count). The van der Waals surface area contributed by atoms with E-state index in [4.69, 9.17) is 14.2 Å². The van der Waals surface area contributed by atoms with E-state index in [-0.39, 0.29) is 5.91 Å². The van der Waals surface area contributed by atoms with Crippen molar-refractivity contribution in [3.63, 3.8) is 0 Å². The molecule has 130 valence electrons. The lowest BCUT2D eigenvalue weighted by Crippen LogP contribution is -2.13. The number of nitrogens with one attached hydrogen (secondary N) is 2. The average Bonchev–Trinajstić information content (AvgIpc) is 3.01. The number of benzene rings is 2. The van der Waals surface area contributed by atoms with Crippen LogP contribution in [0.25, 0.3) is 11.0 Å². The van der Waals surface area contributed by atoms with Crippen molar-refractivity contribution in [3.8, 4) is 11.5 Å². The van der Waals surface area contributed by atoms with Gasteiger partial charge in [0.1, 0.15) is 0 Å². The minimum Gasteiger partial charge on any atom is -0.493 e. The second-order valence-corrected chi connectivity index (χ2v) is 5.40. The summed E-state index contributed by atoms with van der Waals surface area (Å²) in [6.07, 6.45) is 0. The zero-order chi connectivity index (χ0) is 17.8. The number of hydrogen-bond acceptors (Lipinski definition) is 5. The first-order valence-electron chi connectivity index (χ1n) is 7.65. The Balaban J connectivity index is 1.85. The Kier molecular flexibility index (Phi) is 4.85. The number of anilines is 1. The molecule has 2 aromatic carbocycles. The van der Waals surface area contributed by atoms with Crippen LogP contribution in [0.5, 0.6) is 11.5 Å². The minimum absolute atomic E-state index is 0.254. The molecule has 0 saturated carbocycles. The average molecular weight is 341 g/mol. The third kappa shape index (κ3) is 3.56. The zero-order valence-electron chi connectivity index (χ0n) is 14.3. The number of H-pyrrole nitrogens is 1. The van der Waals surface area contributed by atoms with E-state index in [2.05, 4.69) is 15.3 Å². The van der Waals surface area contributed by atoms with E-state index in [1.165, 1.54) is 0 Å². The highest BCUT2D eigenvalue weighted by molar-refractivity contribution is 6.04. The smallest absolute Gasteiger partial charge is 0.257 e. The maximum atomic E-state index is 12.4.